The molecular formula is C14H19IN3O4P. The lowest BCUT2D eigenvalue weighted by Gasteiger charge is -2.12. The predicted molar refractivity (Wildman–Crippen MR) is 99.9 cm³/mol. The van der Waals surface area contributed by atoms with Gasteiger partial charge in [-0.15, -0.1) is 0 Å². The van der Waals surface area contributed by atoms with E-state index in [1.807, 2.05) is 13.8 Å². The molecular weight excluding hydrogens is 432 g/mol. The molecule has 23 heavy (non-hydrogen) atoms. The van der Waals surface area contributed by atoms with Crippen molar-refractivity contribution in [3.63, 3.8) is 0 Å². The second-order valence-electron chi connectivity index (χ2n) is 5.29. The van der Waals surface area contributed by atoms with Crippen LogP contribution in [0.1, 0.15) is 20.3 Å². The number of aryl methyl sites for hydroxylation is 1. The Morgan fingerprint density at radius 2 is 2.13 bits per heavy atom. The average Bonchev–Trinajstić information content (AvgIpc) is 2.51. The zero-order chi connectivity index (χ0) is 17.0. The maximum atomic E-state index is 12.6. The summed E-state index contributed by atoms with van der Waals surface area (Å²) in [5, 5.41) is 0.377. The van der Waals surface area contributed by atoms with Crippen LogP contribution >= 0.6 is 28.5 Å². The fraction of sp³-hybridized carbons (Fsp3) is 0.500. The molecule has 0 aliphatic rings. The molecule has 0 aliphatic carbocycles. The van der Waals surface area contributed by atoms with E-state index in [0.29, 0.717) is 42.8 Å². The topological polar surface area (TPSA) is 75.3 Å². The van der Waals surface area contributed by atoms with Crippen LogP contribution in [-0.2, 0) is 18.1 Å². The quantitative estimate of drug-likeness (QED) is 0.367. The van der Waals surface area contributed by atoms with Crippen molar-refractivity contribution in [3.8, 4) is 5.75 Å². The van der Waals surface area contributed by atoms with Gasteiger partial charge in [0, 0.05) is 13.6 Å². The Labute approximate surface area is 148 Å². The molecule has 2 aromatic rings. The number of fused-ring (bicyclic) bond motifs is 1. The second-order valence-corrected chi connectivity index (χ2v) is 7.05. The summed E-state index contributed by atoms with van der Waals surface area (Å²) in [6.07, 6.45) is 2.11. The fourth-order valence-electron chi connectivity index (χ4n) is 2.23. The van der Waals surface area contributed by atoms with Crippen LogP contribution in [0.2, 0.25) is 0 Å². The van der Waals surface area contributed by atoms with Crippen molar-refractivity contribution in [1.82, 2.24) is 14.1 Å². The fourth-order valence-corrected chi connectivity index (χ4v) is 3.12. The minimum Gasteiger partial charge on any atom is -0.489 e. The van der Waals surface area contributed by atoms with Crippen LogP contribution in [0, 0.1) is 0 Å². The highest BCUT2D eigenvalue weighted by atomic mass is 127. The van der Waals surface area contributed by atoms with E-state index in [0.717, 1.165) is 0 Å². The zero-order valence-corrected chi connectivity index (χ0v) is 16.4. The largest absolute Gasteiger partial charge is 0.489 e. The molecule has 2 heterocycles. The van der Waals surface area contributed by atoms with Gasteiger partial charge in [0.1, 0.15) is 11.4 Å². The first-order chi connectivity index (χ1) is 11.0. The van der Waals surface area contributed by atoms with Gasteiger partial charge in [-0.1, -0.05) is 0 Å². The first-order valence-electron chi connectivity index (χ1n) is 7.19. The smallest absolute Gasteiger partial charge is 0.332 e. The van der Waals surface area contributed by atoms with E-state index in [1.54, 1.807) is 13.1 Å². The summed E-state index contributed by atoms with van der Waals surface area (Å²) in [6.45, 7) is 5.00. The van der Waals surface area contributed by atoms with Crippen molar-refractivity contribution in [2.45, 2.75) is 32.9 Å². The van der Waals surface area contributed by atoms with Crippen LogP contribution in [0.4, 0.5) is 0 Å². The summed E-state index contributed by atoms with van der Waals surface area (Å²) in [6, 6.07) is 1.64. The Hall–Kier alpha value is -0.990. The van der Waals surface area contributed by atoms with Crippen molar-refractivity contribution >= 4 is 39.5 Å². The SMILES string of the molecule is CC(C)Oc1cnc2c(c1)c(=O)n(CCCOPI)c(=O)n2C. The number of rotatable bonds is 7. The Morgan fingerprint density at radius 1 is 1.39 bits per heavy atom. The molecule has 1 atom stereocenters. The third kappa shape index (κ3) is 4.30. The molecule has 0 saturated carbocycles. The predicted octanol–water partition coefficient (Wildman–Crippen LogP) is 2.23. The molecule has 0 saturated heterocycles. The lowest BCUT2D eigenvalue weighted by molar-refractivity contribution is 0.242. The molecule has 0 bridgehead atoms. The number of halogens is 1. The minimum atomic E-state index is -0.371. The third-order valence-corrected chi connectivity index (χ3v) is 4.45. The molecule has 0 fully saturated rings. The number of hydrogen-bond acceptors (Lipinski definition) is 5. The Bertz CT molecular complexity index is 803. The van der Waals surface area contributed by atoms with Crippen molar-refractivity contribution in [2.75, 3.05) is 6.61 Å². The lowest BCUT2D eigenvalue weighted by atomic mass is 10.3. The molecule has 0 amide bonds. The standard InChI is InChI=1S/C14H19IN3O4P/c1-9(2)22-10-7-11-12(16-8-10)17(3)14(20)18(13(11)19)5-4-6-21-23-15/h7-9,23H,4-6H2,1-3H3. The second kappa shape index (κ2) is 8.21. The number of pyridine rings is 1. The normalized spacial score (nSPS) is 11.9. The van der Waals surface area contributed by atoms with Crippen LogP contribution in [0.25, 0.3) is 11.0 Å². The van der Waals surface area contributed by atoms with Gasteiger partial charge in [-0.2, -0.15) is 0 Å². The lowest BCUT2D eigenvalue weighted by Crippen LogP contribution is -2.39. The zero-order valence-electron chi connectivity index (χ0n) is 13.2. The molecule has 1 unspecified atom stereocenters. The summed E-state index contributed by atoms with van der Waals surface area (Å²) in [7, 11) is 1.61. The van der Waals surface area contributed by atoms with Crippen LogP contribution in [0.5, 0.6) is 5.75 Å². The van der Waals surface area contributed by atoms with Gasteiger partial charge in [-0.3, -0.25) is 13.9 Å². The van der Waals surface area contributed by atoms with E-state index in [1.165, 1.54) is 15.3 Å². The summed E-state index contributed by atoms with van der Waals surface area (Å²) < 4.78 is 13.5. The van der Waals surface area contributed by atoms with E-state index in [9.17, 15) is 9.59 Å². The number of aromatic nitrogens is 3. The summed E-state index contributed by atoms with van der Waals surface area (Å²) in [4.78, 5) is 29.2. The Morgan fingerprint density at radius 3 is 2.78 bits per heavy atom. The maximum Gasteiger partial charge on any atom is 0.332 e. The summed E-state index contributed by atoms with van der Waals surface area (Å²) in [5.41, 5.74) is -0.358. The van der Waals surface area contributed by atoms with Crippen molar-refractivity contribution < 1.29 is 9.26 Å². The van der Waals surface area contributed by atoms with Crippen LogP contribution in [-0.4, -0.2) is 26.8 Å². The Kier molecular flexibility index (Phi) is 6.55. The maximum absolute atomic E-state index is 12.6. The molecule has 0 spiro atoms. The molecule has 126 valence electrons. The van der Waals surface area contributed by atoms with E-state index < -0.39 is 0 Å². The third-order valence-electron chi connectivity index (χ3n) is 3.21. The molecule has 2 rings (SSSR count). The minimum absolute atomic E-state index is 0.0183. The summed E-state index contributed by atoms with van der Waals surface area (Å²) in [5.74, 6) is 0.518. The number of hydrogen-bond donors (Lipinski definition) is 0. The van der Waals surface area contributed by atoms with Crippen LogP contribution < -0.4 is 16.0 Å². The van der Waals surface area contributed by atoms with Gasteiger partial charge in [0.15, 0.2) is 0 Å². The van der Waals surface area contributed by atoms with Crippen LogP contribution in [0.3, 0.4) is 0 Å². The monoisotopic (exact) mass is 451 g/mol. The highest BCUT2D eigenvalue weighted by Gasteiger charge is 2.13. The molecule has 2 aromatic heterocycles. The molecule has 0 aromatic carbocycles. The van der Waals surface area contributed by atoms with Crippen molar-refractivity contribution in [2.24, 2.45) is 7.05 Å². The first kappa shape index (κ1) is 18.4. The average molecular weight is 451 g/mol. The van der Waals surface area contributed by atoms with E-state index in [4.69, 9.17) is 9.26 Å². The molecule has 0 radical (unpaired) electrons. The van der Waals surface area contributed by atoms with Gasteiger partial charge < -0.3 is 9.26 Å². The van der Waals surface area contributed by atoms with Gasteiger partial charge >= 0.3 is 5.69 Å². The highest BCUT2D eigenvalue weighted by molar-refractivity contribution is 14.2. The molecule has 9 heteroatoms. The number of nitrogens with zero attached hydrogens (tertiary/aromatic N) is 3. The summed E-state index contributed by atoms with van der Waals surface area (Å²) >= 11 is 2.13. The van der Waals surface area contributed by atoms with Gasteiger partial charge in [0.05, 0.1) is 30.7 Å². The number of ether oxygens (including phenoxy) is 1. The molecule has 0 N–H and O–H groups in total. The van der Waals surface area contributed by atoms with Gasteiger partial charge in [-0.25, -0.2) is 9.78 Å². The molecule has 0 aliphatic heterocycles. The van der Waals surface area contributed by atoms with E-state index >= 15 is 0 Å². The van der Waals surface area contributed by atoms with Crippen molar-refractivity contribution in [3.05, 3.63) is 33.1 Å². The van der Waals surface area contributed by atoms with Crippen LogP contribution in [0.15, 0.2) is 21.9 Å². The van der Waals surface area contributed by atoms with Gasteiger partial charge in [-0.05, 0) is 48.4 Å². The van der Waals surface area contributed by atoms with Gasteiger partial charge in [0.2, 0.25) is 0 Å². The van der Waals surface area contributed by atoms with E-state index in [2.05, 4.69) is 27.0 Å². The van der Waals surface area contributed by atoms with Crippen molar-refractivity contribution in [1.29, 1.82) is 0 Å². The van der Waals surface area contributed by atoms with E-state index in [-0.39, 0.29) is 17.4 Å². The highest BCUT2D eigenvalue weighted by Crippen LogP contribution is 2.21. The Balaban J connectivity index is 2.47. The first-order valence-corrected chi connectivity index (χ1v) is 11.2. The molecule has 7 nitrogen and oxygen atoms in total. The van der Waals surface area contributed by atoms with Gasteiger partial charge in [0.25, 0.3) is 5.56 Å².